The summed E-state index contributed by atoms with van der Waals surface area (Å²) < 4.78 is 0. The molecule has 0 aliphatic carbocycles. The van der Waals surface area contributed by atoms with E-state index in [1.807, 2.05) is 0 Å². The van der Waals surface area contributed by atoms with Crippen LogP contribution in [0.2, 0.25) is 0 Å². The van der Waals surface area contributed by atoms with Crippen LogP contribution in [0.25, 0.3) is 0 Å². The Labute approximate surface area is 185 Å². The maximum atomic E-state index is 10.3. The van der Waals surface area contributed by atoms with E-state index in [2.05, 4.69) is 6.92 Å². The number of rotatable bonds is 20. The van der Waals surface area contributed by atoms with Crippen LogP contribution in [0.5, 0.6) is 0 Å². The van der Waals surface area contributed by atoms with Crippen LogP contribution in [-0.4, -0.2) is 23.3 Å². The van der Waals surface area contributed by atoms with Crippen molar-refractivity contribution in [1.29, 1.82) is 0 Å². The molecule has 0 fully saturated rings. The van der Waals surface area contributed by atoms with Crippen LogP contribution in [0.1, 0.15) is 135 Å². The zero-order chi connectivity index (χ0) is 17.7. The molecule has 0 aromatic heterocycles. The molecule has 0 atom stereocenters. The van der Waals surface area contributed by atoms with Crippen molar-refractivity contribution in [1.82, 2.24) is 0 Å². The largest absolute Gasteiger partial charge is 3.00 e. The zero-order valence-electron chi connectivity index (χ0n) is 17.4. The minimum atomic E-state index is -0.901. The third-order valence-electron chi connectivity index (χ3n) is 4.98. The molecule has 150 valence electrons. The van der Waals surface area contributed by atoms with Crippen molar-refractivity contribution in [2.45, 2.75) is 135 Å². The first-order valence-corrected chi connectivity index (χ1v) is 11.0. The number of hydrogen-bond donors (Lipinski definition) is 0. The molecule has 0 saturated carbocycles. The summed E-state index contributed by atoms with van der Waals surface area (Å²) in [6.07, 6.45) is 25.7. The van der Waals surface area contributed by atoms with Crippen LogP contribution < -0.4 is 5.11 Å². The number of unbranched alkanes of at least 4 members (excludes halogenated alkanes) is 18. The molecule has 0 aromatic rings. The fraction of sp³-hybridized carbons (Fsp3) is 0.955. The van der Waals surface area contributed by atoms with Crippen molar-refractivity contribution in [3.8, 4) is 0 Å². The minimum absolute atomic E-state index is 0. The molecule has 0 aromatic carbocycles. The minimum Gasteiger partial charge on any atom is -0.550 e. The molecule has 0 heterocycles. The maximum absolute atomic E-state index is 10.3. The number of carboxylic acid groups (broad SMARTS) is 1. The van der Waals surface area contributed by atoms with Gasteiger partial charge in [-0.05, 0) is 12.8 Å². The van der Waals surface area contributed by atoms with Gasteiger partial charge in [0.1, 0.15) is 0 Å². The summed E-state index contributed by atoms with van der Waals surface area (Å²) in [6, 6.07) is 0. The van der Waals surface area contributed by atoms with Crippen molar-refractivity contribution in [3.63, 3.8) is 0 Å². The van der Waals surface area contributed by atoms with Crippen LogP contribution in [0.4, 0.5) is 0 Å². The van der Waals surface area contributed by atoms with E-state index in [4.69, 9.17) is 0 Å². The van der Waals surface area contributed by atoms with Crippen molar-refractivity contribution in [2.24, 2.45) is 0 Å². The number of carbonyl (C=O) groups excluding carboxylic acids is 1. The van der Waals surface area contributed by atoms with E-state index in [1.165, 1.54) is 109 Å². The fourth-order valence-corrected chi connectivity index (χ4v) is 3.35. The van der Waals surface area contributed by atoms with E-state index in [0.717, 1.165) is 12.8 Å². The van der Waals surface area contributed by atoms with E-state index in [-0.39, 0.29) is 40.9 Å². The van der Waals surface area contributed by atoms with Crippen LogP contribution >= 0.6 is 0 Å². The first kappa shape index (κ1) is 31.2. The van der Waals surface area contributed by atoms with E-state index in [0.29, 0.717) is 0 Å². The zero-order valence-corrected chi connectivity index (χ0v) is 19.6. The van der Waals surface area contributed by atoms with Gasteiger partial charge < -0.3 is 9.90 Å². The van der Waals surface area contributed by atoms with Gasteiger partial charge in [-0.1, -0.05) is 122 Å². The third kappa shape index (κ3) is 29.3. The summed E-state index contributed by atoms with van der Waals surface area (Å²) in [5.74, 6) is -0.901. The molecule has 0 aliphatic heterocycles. The SMILES string of the molecule is CCCCCCCCCCCCCCCCCCCCCC(=O)[O-].[Al+3].[Fe+2]. The molecule has 0 spiro atoms. The summed E-state index contributed by atoms with van der Waals surface area (Å²) in [6.45, 7) is 2.28. The summed E-state index contributed by atoms with van der Waals surface area (Å²) >= 11 is 0. The van der Waals surface area contributed by atoms with Gasteiger partial charge >= 0.3 is 34.4 Å². The monoisotopic (exact) mass is 422 g/mol. The molecule has 4 heteroatoms. The van der Waals surface area contributed by atoms with Crippen molar-refractivity contribution in [2.75, 3.05) is 0 Å². The summed E-state index contributed by atoms with van der Waals surface area (Å²) in [4.78, 5) is 10.3. The Morgan fingerprint density at radius 1 is 0.538 bits per heavy atom. The van der Waals surface area contributed by atoms with Gasteiger partial charge in [-0.25, -0.2) is 0 Å². The Hall–Kier alpha value is 0.522. The van der Waals surface area contributed by atoms with E-state index in [9.17, 15) is 9.90 Å². The predicted octanol–water partition coefficient (Wildman–Crippen LogP) is 6.17. The molecule has 0 N–H and O–H groups in total. The Balaban J connectivity index is -0.00000264. The van der Waals surface area contributed by atoms with Crippen molar-refractivity contribution >= 4 is 23.3 Å². The van der Waals surface area contributed by atoms with Crippen LogP contribution in [0.15, 0.2) is 0 Å². The van der Waals surface area contributed by atoms with Crippen LogP contribution in [0, 0.1) is 0 Å². The van der Waals surface area contributed by atoms with Crippen LogP contribution in [0.3, 0.4) is 0 Å². The topological polar surface area (TPSA) is 40.1 Å². The fourth-order valence-electron chi connectivity index (χ4n) is 3.35. The molecule has 0 unspecified atom stereocenters. The molecular formula is C22H43AlFeO2+4. The summed E-state index contributed by atoms with van der Waals surface area (Å²) in [5.41, 5.74) is 0. The Bertz CT molecular complexity index is 263. The number of carbonyl (C=O) groups is 1. The smallest absolute Gasteiger partial charge is 0.550 e. The van der Waals surface area contributed by atoms with Gasteiger partial charge in [-0.3, -0.25) is 0 Å². The maximum Gasteiger partial charge on any atom is 3.00 e. The van der Waals surface area contributed by atoms with Gasteiger partial charge in [0.25, 0.3) is 0 Å². The van der Waals surface area contributed by atoms with Gasteiger partial charge in [0.15, 0.2) is 0 Å². The second-order valence-corrected chi connectivity index (χ2v) is 7.49. The van der Waals surface area contributed by atoms with Crippen molar-refractivity contribution in [3.05, 3.63) is 0 Å². The van der Waals surface area contributed by atoms with Gasteiger partial charge in [0.05, 0.1) is 0 Å². The van der Waals surface area contributed by atoms with Crippen LogP contribution in [-0.2, 0) is 21.9 Å². The molecule has 0 rings (SSSR count). The molecular weight excluding hydrogens is 379 g/mol. The molecule has 26 heavy (non-hydrogen) atoms. The molecule has 0 aliphatic rings. The average molecular weight is 422 g/mol. The van der Waals surface area contributed by atoms with Gasteiger partial charge in [0, 0.05) is 5.97 Å². The standard InChI is InChI=1S/C22H44O2.Al.Fe/c1-2-3-4-5-6-7-8-9-10-11-12-13-14-15-16-17-18-19-20-21-22(23)24;;/h2-21H2,1H3,(H,23,24);;/q;+3;+2/p-1. The summed E-state index contributed by atoms with van der Waals surface area (Å²) in [7, 11) is 0. The first-order valence-electron chi connectivity index (χ1n) is 11.0. The Morgan fingerprint density at radius 3 is 1.00 bits per heavy atom. The Kier molecular flexibility index (Phi) is 33.3. The Morgan fingerprint density at radius 2 is 0.769 bits per heavy atom. The molecule has 0 bridgehead atoms. The van der Waals surface area contributed by atoms with E-state index >= 15 is 0 Å². The molecule has 0 saturated heterocycles. The van der Waals surface area contributed by atoms with Gasteiger partial charge in [-0.2, -0.15) is 0 Å². The molecule has 0 amide bonds. The first-order chi connectivity index (χ1) is 11.8. The number of carboxylic acids is 1. The number of hydrogen-bond acceptors (Lipinski definition) is 2. The second-order valence-electron chi connectivity index (χ2n) is 7.49. The molecule has 0 radical (unpaired) electrons. The van der Waals surface area contributed by atoms with Gasteiger partial charge in [-0.15, -0.1) is 0 Å². The predicted molar refractivity (Wildman–Crippen MR) is 109 cm³/mol. The van der Waals surface area contributed by atoms with E-state index in [1.54, 1.807) is 0 Å². The second kappa shape index (κ2) is 27.7. The normalized spacial score (nSPS) is 10.2. The van der Waals surface area contributed by atoms with Gasteiger partial charge in [0.2, 0.25) is 0 Å². The van der Waals surface area contributed by atoms with Crippen molar-refractivity contribution < 1.29 is 27.0 Å². The average Bonchev–Trinajstić information content (AvgIpc) is 2.56. The number of aliphatic carboxylic acids is 1. The summed E-state index contributed by atoms with van der Waals surface area (Å²) in [5, 5.41) is 10.3. The molecule has 2 nitrogen and oxygen atoms in total. The van der Waals surface area contributed by atoms with E-state index < -0.39 is 5.97 Å². The third-order valence-corrected chi connectivity index (χ3v) is 4.98. The quantitative estimate of drug-likeness (QED) is 0.174.